The lowest BCUT2D eigenvalue weighted by molar-refractivity contribution is -0.384. The average molecular weight is 288 g/mol. The fraction of sp³-hybridized carbons (Fsp3) is 0.200. The zero-order valence-electron chi connectivity index (χ0n) is 11.6. The van der Waals surface area contributed by atoms with Crippen molar-refractivity contribution in [2.24, 2.45) is 5.73 Å². The van der Waals surface area contributed by atoms with Gasteiger partial charge in [-0.3, -0.25) is 10.1 Å². The molecule has 2 rings (SSSR count). The lowest BCUT2D eigenvalue weighted by Gasteiger charge is -2.11. The third-order valence-electron chi connectivity index (χ3n) is 3.03. The van der Waals surface area contributed by atoms with E-state index >= 15 is 0 Å². The van der Waals surface area contributed by atoms with Crippen LogP contribution in [0.15, 0.2) is 42.5 Å². The summed E-state index contributed by atoms with van der Waals surface area (Å²) in [5, 5.41) is 10.6. The Hall–Kier alpha value is -2.60. The van der Waals surface area contributed by atoms with E-state index in [1.165, 1.54) is 12.1 Å². The third-order valence-corrected chi connectivity index (χ3v) is 3.03. The molecule has 21 heavy (non-hydrogen) atoms. The maximum atomic E-state index is 10.6. The summed E-state index contributed by atoms with van der Waals surface area (Å²) in [4.78, 5) is 10.2. The van der Waals surface area contributed by atoms with Crippen LogP contribution in [0.1, 0.15) is 11.1 Å². The van der Waals surface area contributed by atoms with Gasteiger partial charge < -0.3 is 15.2 Å². The minimum atomic E-state index is -0.430. The van der Waals surface area contributed by atoms with Crippen molar-refractivity contribution in [2.75, 3.05) is 7.11 Å². The molecule has 0 fully saturated rings. The summed E-state index contributed by atoms with van der Waals surface area (Å²) < 4.78 is 10.8. The van der Waals surface area contributed by atoms with Crippen LogP contribution in [-0.4, -0.2) is 12.0 Å². The molecule has 0 aromatic heterocycles. The standard InChI is InChI=1S/C15H16N2O4/c1-20-14-6-7-15(12(8-14)9-16)21-10-11-2-4-13(5-3-11)17(18)19/h2-8H,9-10,16H2,1H3. The zero-order valence-corrected chi connectivity index (χ0v) is 11.6. The van der Waals surface area contributed by atoms with E-state index in [1.54, 1.807) is 31.4 Å². The maximum Gasteiger partial charge on any atom is 0.269 e. The molecule has 0 saturated heterocycles. The molecule has 0 bridgehead atoms. The van der Waals surface area contributed by atoms with Crippen molar-refractivity contribution in [1.29, 1.82) is 0 Å². The Morgan fingerprint density at radius 2 is 1.90 bits per heavy atom. The second kappa shape index (κ2) is 6.71. The molecular formula is C15H16N2O4. The molecule has 0 atom stereocenters. The van der Waals surface area contributed by atoms with E-state index in [0.717, 1.165) is 16.9 Å². The number of ether oxygens (including phenoxy) is 2. The van der Waals surface area contributed by atoms with Crippen LogP contribution in [0.2, 0.25) is 0 Å². The van der Waals surface area contributed by atoms with E-state index in [0.29, 0.717) is 18.9 Å². The third kappa shape index (κ3) is 3.70. The summed E-state index contributed by atoms with van der Waals surface area (Å²) in [5.41, 5.74) is 7.44. The van der Waals surface area contributed by atoms with Crippen LogP contribution >= 0.6 is 0 Å². The predicted octanol–water partition coefficient (Wildman–Crippen LogP) is 2.64. The van der Waals surface area contributed by atoms with Gasteiger partial charge in [0, 0.05) is 24.2 Å². The molecule has 0 heterocycles. The van der Waals surface area contributed by atoms with Gasteiger partial charge in [0.2, 0.25) is 0 Å². The lowest BCUT2D eigenvalue weighted by Crippen LogP contribution is -2.03. The van der Waals surface area contributed by atoms with Crippen molar-refractivity contribution in [1.82, 2.24) is 0 Å². The molecule has 110 valence electrons. The first-order valence-corrected chi connectivity index (χ1v) is 6.37. The van der Waals surface area contributed by atoms with Gasteiger partial charge in [0.1, 0.15) is 18.1 Å². The van der Waals surface area contributed by atoms with Crippen LogP contribution in [-0.2, 0) is 13.2 Å². The molecule has 0 radical (unpaired) electrons. The first-order valence-electron chi connectivity index (χ1n) is 6.37. The number of non-ortho nitro benzene ring substituents is 1. The van der Waals surface area contributed by atoms with Crippen molar-refractivity contribution in [3.63, 3.8) is 0 Å². The Morgan fingerprint density at radius 1 is 1.19 bits per heavy atom. The number of rotatable bonds is 6. The van der Waals surface area contributed by atoms with Crippen LogP contribution in [0.4, 0.5) is 5.69 Å². The Balaban J connectivity index is 2.07. The highest BCUT2D eigenvalue weighted by atomic mass is 16.6. The van der Waals surface area contributed by atoms with Crippen LogP contribution < -0.4 is 15.2 Å². The van der Waals surface area contributed by atoms with Crippen LogP contribution in [0, 0.1) is 10.1 Å². The fourth-order valence-corrected chi connectivity index (χ4v) is 1.86. The van der Waals surface area contributed by atoms with Gasteiger partial charge in [-0.05, 0) is 35.9 Å². The van der Waals surface area contributed by atoms with E-state index < -0.39 is 4.92 Å². The van der Waals surface area contributed by atoms with E-state index in [-0.39, 0.29) is 5.69 Å². The molecule has 0 spiro atoms. The highest BCUT2D eigenvalue weighted by Crippen LogP contribution is 2.24. The Morgan fingerprint density at radius 3 is 2.48 bits per heavy atom. The smallest absolute Gasteiger partial charge is 0.269 e. The molecule has 6 heteroatoms. The molecule has 6 nitrogen and oxygen atoms in total. The SMILES string of the molecule is COc1ccc(OCc2ccc([N+](=O)[O-])cc2)c(CN)c1. The molecule has 2 aromatic carbocycles. The van der Waals surface area contributed by atoms with E-state index in [1.807, 2.05) is 6.07 Å². The highest BCUT2D eigenvalue weighted by Gasteiger charge is 2.07. The molecule has 0 aliphatic carbocycles. The monoisotopic (exact) mass is 288 g/mol. The number of nitro groups is 1. The van der Waals surface area contributed by atoms with Crippen LogP contribution in [0.3, 0.4) is 0 Å². The Bertz CT molecular complexity index is 626. The number of hydrogen-bond donors (Lipinski definition) is 1. The van der Waals surface area contributed by atoms with Crippen LogP contribution in [0.25, 0.3) is 0 Å². The first kappa shape index (κ1) is 14.8. The normalized spacial score (nSPS) is 10.2. The van der Waals surface area contributed by atoms with E-state index in [4.69, 9.17) is 15.2 Å². The Labute approximate surface area is 122 Å². The van der Waals surface area contributed by atoms with E-state index in [9.17, 15) is 10.1 Å². The van der Waals surface area contributed by atoms with Gasteiger partial charge in [0.25, 0.3) is 5.69 Å². The van der Waals surface area contributed by atoms with Gasteiger partial charge in [0.05, 0.1) is 12.0 Å². The molecule has 0 aliphatic heterocycles. The summed E-state index contributed by atoms with van der Waals surface area (Å²) in [6.45, 7) is 0.657. The molecule has 0 saturated carbocycles. The van der Waals surface area contributed by atoms with Gasteiger partial charge in [0.15, 0.2) is 0 Å². The topological polar surface area (TPSA) is 87.6 Å². The molecule has 0 aliphatic rings. The number of nitrogens with two attached hydrogens (primary N) is 1. The van der Waals surface area contributed by atoms with Gasteiger partial charge >= 0.3 is 0 Å². The second-order valence-corrected chi connectivity index (χ2v) is 4.39. The second-order valence-electron chi connectivity index (χ2n) is 4.39. The number of nitro benzene ring substituents is 1. The largest absolute Gasteiger partial charge is 0.497 e. The first-order chi connectivity index (χ1) is 10.1. The number of benzene rings is 2. The van der Waals surface area contributed by atoms with Gasteiger partial charge in [-0.15, -0.1) is 0 Å². The molecule has 2 aromatic rings. The molecule has 0 amide bonds. The van der Waals surface area contributed by atoms with Crippen molar-refractivity contribution >= 4 is 5.69 Å². The van der Waals surface area contributed by atoms with Crippen molar-refractivity contribution in [3.05, 3.63) is 63.7 Å². The summed E-state index contributed by atoms with van der Waals surface area (Å²) in [7, 11) is 1.59. The average Bonchev–Trinajstić information content (AvgIpc) is 2.53. The van der Waals surface area contributed by atoms with Gasteiger partial charge in [-0.2, -0.15) is 0 Å². The summed E-state index contributed by atoms with van der Waals surface area (Å²) in [5.74, 6) is 1.40. The van der Waals surface area contributed by atoms with Crippen molar-refractivity contribution < 1.29 is 14.4 Å². The maximum absolute atomic E-state index is 10.6. The van der Waals surface area contributed by atoms with E-state index in [2.05, 4.69) is 0 Å². The minimum absolute atomic E-state index is 0.0610. The molecule has 0 unspecified atom stereocenters. The fourth-order valence-electron chi connectivity index (χ4n) is 1.86. The quantitative estimate of drug-likeness (QED) is 0.652. The molecular weight excluding hydrogens is 272 g/mol. The zero-order chi connectivity index (χ0) is 15.2. The predicted molar refractivity (Wildman–Crippen MR) is 78.3 cm³/mol. The van der Waals surface area contributed by atoms with Crippen molar-refractivity contribution in [3.8, 4) is 11.5 Å². The minimum Gasteiger partial charge on any atom is -0.497 e. The number of methoxy groups -OCH3 is 1. The van der Waals surface area contributed by atoms with Gasteiger partial charge in [-0.25, -0.2) is 0 Å². The summed E-state index contributed by atoms with van der Waals surface area (Å²) >= 11 is 0. The number of hydrogen-bond acceptors (Lipinski definition) is 5. The summed E-state index contributed by atoms with van der Waals surface area (Å²) in [6, 6.07) is 11.7. The van der Waals surface area contributed by atoms with Gasteiger partial charge in [-0.1, -0.05) is 0 Å². The Kier molecular flexibility index (Phi) is 4.73. The highest BCUT2D eigenvalue weighted by molar-refractivity contribution is 5.40. The van der Waals surface area contributed by atoms with Crippen molar-refractivity contribution in [2.45, 2.75) is 13.2 Å². The summed E-state index contributed by atoms with van der Waals surface area (Å²) in [6.07, 6.45) is 0. The lowest BCUT2D eigenvalue weighted by atomic mass is 10.2. The van der Waals surface area contributed by atoms with Crippen LogP contribution in [0.5, 0.6) is 11.5 Å². The number of nitrogens with zero attached hydrogens (tertiary/aromatic N) is 1. The molecule has 2 N–H and O–H groups in total.